The first-order valence-electron chi connectivity index (χ1n) is 9.40. The Morgan fingerprint density at radius 1 is 1.26 bits per heavy atom. The fourth-order valence-electron chi connectivity index (χ4n) is 2.80. The highest BCUT2D eigenvalue weighted by Gasteiger charge is 2.18. The summed E-state index contributed by atoms with van der Waals surface area (Å²) < 4.78 is 1.25. The molecule has 1 rings (SSSR count). The Labute approximate surface area is 163 Å². The summed E-state index contributed by atoms with van der Waals surface area (Å²) in [7, 11) is 5.92. The lowest BCUT2D eigenvalue weighted by Gasteiger charge is -2.16. The van der Waals surface area contributed by atoms with Gasteiger partial charge in [0.25, 0.3) is 5.56 Å². The van der Waals surface area contributed by atoms with Gasteiger partial charge in [0.15, 0.2) is 7.85 Å². The highest BCUT2D eigenvalue weighted by molar-refractivity contribution is 6.29. The number of rotatable bonds is 9. The maximum absolute atomic E-state index is 13.2. The summed E-state index contributed by atoms with van der Waals surface area (Å²) in [5, 5.41) is 0. The van der Waals surface area contributed by atoms with Gasteiger partial charge in [-0.05, 0) is 45.3 Å². The number of aryl methyl sites for hydroxylation is 1. The van der Waals surface area contributed by atoms with Crippen molar-refractivity contribution < 1.29 is 4.79 Å². The molecule has 0 bridgehead atoms. The van der Waals surface area contributed by atoms with Crippen molar-refractivity contribution in [3.05, 3.63) is 63.6 Å². The molecule has 0 fully saturated rings. The van der Waals surface area contributed by atoms with Crippen LogP contribution in [0.1, 0.15) is 58.2 Å². The lowest BCUT2D eigenvalue weighted by molar-refractivity contribution is -0.117. The summed E-state index contributed by atoms with van der Waals surface area (Å²) in [5.74, 6) is -0.143. The summed E-state index contributed by atoms with van der Waals surface area (Å²) in [4.78, 5) is 29.1. The molecule has 0 saturated carbocycles. The second-order valence-corrected chi connectivity index (χ2v) is 6.43. The maximum Gasteiger partial charge on any atom is 0.261 e. The van der Waals surface area contributed by atoms with Gasteiger partial charge >= 0.3 is 0 Å². The van der Waals surface area contributed by atoms with Crippen LogP contribution < -0.4 is 11.3 Å². The molecule has 0 amide bonds. The molecular formula is C22H29BN2O2. The molecule has 1 heterocycles. The molecule has 5 heteroatoms. The number of nitrogens with zero attached hydrogens (tertiary/aromatic N) is 2. The number of allylic oxidation sites excluding steroid dienone is 8. The van der Waals surface area contributed by atoms with Crippen LogP contribution in [0.5, 0.6) is 0 Å². The van der Waals surface area contributed by atoms with E-state index in [9.17, 15) is 9.59 Å². The SMILES string of the molecule is [B]c1nc(C)c(C(=C\CCCC)/C(/C=C\C)=C/C=C\C)c(=O)n1CC(C)=O. The molecule has 0 aliphatic heterocycles. The minimum Gasteiger partial charge on any atom is -0.298 e. The lowest BCUT2D eigenvalue weighted by atomic mass is 9.94. The van der Waals surface area contributed by atoms with E-state index < -0.39 is 0 Å². The average Bonchev–Trinajstić information content (AvgIpc) is 2.61. The Bertz CT molecular complexity index is 843. The molecule has 1 aromatic rings. The summed E-state index contributed by atoms with van der Waals surface area (Å²) in [6.07, 6.45) is 14.8. The van der Waals surface area contributed by atoms with Crippen LogP contribution in [0, 0.1) is 6.92 Å². The van der Waals surface area contributed by atoms with E-state index >= 15 is 0 Å². The standard InChI is InChI=1S/C22H29BN2O2/c1-6-9-11-14-19(18(12-8-3)13-10-7-2)20-17(5)24-22(23)25(21(20)27)15-16(4)26/h7-8,10,12-14H,6,9,11,15H2,1-5H3/b10-7-,12-8-,18-13+,19-14-. The topological polar surface area (TPSA) is 52.0 Å². The van der Waals surface area contributed by atoms with Crippen LogP contribution in [0.15, 0.2) is 46.8 Å². The normalized spacial score (nSPS) is 13.1. The van der Waals surface area contributed by atoms with E-state index in [2.05, 4.69) is 18.0 Å². The van der Waals surface area contributed by atoms with Crippen molar-refractivity contribution in [2.24, 2.45) is 0 Å². The Morgan fingerprint density at radius 2 is 1.96 bits per heavy atom. The number of ketones is 1. The summed E-state index contributed by atoms with van der Waals surface area (Å²) in [6.45, 7) is 9.15. The van der Waals surface area contributed by atoms with Gasteiger partial charge in [-0.1, -0.05) is 56.2 Å². The van der Waals surface area contributed by atoms with Crippen LogP contribution in [-0.4, -0.2) is 23.2 Å². The Morgan fingerprint density at radius 3 is 2.52 bits per heavy atom. The highest BCUT2D eigenvalue weighted by atomic mass is 16.1. The predicted octanol–water partition coefficient (Wildman–Crippen LogP) is 3.59. The zero-order chi connectivity index (χ0) is 20.4. The molecule has 0 spiro atoms. The molecule has 0 aliphatic carbocycles. The first kappa shape index (κ1) is 22.6. The van der Waals surface area contributed by atoms with Gasteiger partial charge in [-0.3, -0.25) is 19.1 Å². The molecule has 0 N–H and O–H groups in total. The maximum atomic E-state index is 13.2. The largest absolute Gasteiger partial charge is 0.298 e. The first-order valence-corrected chi connectivity index (χ1v) is 9.40. The van der Waals surface area contributed by atoms with Crippen LogP contribution >= 0.6 is 0 Å². The third-order valence-corrected chi connectivity index (χ3v) is 4.06. The molecule has 0 unspecified atom stereocenters. The van der Waals surface area contributed by atoms with E-state index in [4.69, 9.17) is 7.85 Å². The molecule has 142 valence electrons. The van der Waals surface area contributed by atoms with Crippen molar-refractivity contribution in [3.8, 4) is 0 Å². The van der Waals surface area contributed by atoms with Gasteiger partial charge in [0, 0.05) is 0 Å². The monoisotopic (exact) mass is 364 g/mol. The van der Waals surface area contributed by atoms with Gasteiger partial charge in [-0.25, -0.2) is 0 Å². The zero-order valence-corrected chi connectivity index (χ0v) is 17.1. The van der Waals surface area contributed by atoms with E-state index in [0.717, 1.165) is 30.4 Å². The fraction of sp³-hybridized carbons (Fsp3) is 0.409. The number of unbranched alkanes of at least 4 members (excludes halogenated alkanes) is 2. The number of carbonyl (C=O) groups is 1. The summed E-state index contributed by atoms with van der Waals surface area (Å²) >= 11 is 0. The molecule has 27 heavy (non-hydrogen) atoms. The number of carbonyl (C=O) groups excluding carboxylic acids is 1. The molecular weight excluding hydrogens is 335 g/mol. The Balaban J connectivity index is 3.74. The number of hydrogen-bond acceptors (Lipinski definition) is 3. The van der Waals surface area contributed by atoms with E-state index in [1.165, 1.54) is 11.5 Å². The molecule has 0 atom stereocenters. The van der Waals surface area contributed by atoms with Gasteiger partial charge in [0.1, 0.15) is 5.78 Å². The van der Waals surface area contributed by atoms with Crippen molar-refractivity contribution in [3.63, 3.8) is 0 Å². The predicted molar refractivity (Wildman–Crippen MR) is 115 cm³/mol. The van der Waals surface area contributed by atoms with Crippen molar-refractivity contribution in [1.29, 1.82) is 0 Å². The minimum absolute atomic E-state index is 0.0642. The van der Waals surface area contributed by atoms with Crippen molar-refractivity contribution in [2.45, 2.75) is 60.4 Å². The zero-order valence-electron chi connectivity index (χ0n) is 17.1. The van der Waals surface area contributed by atoms with Gasteiger partial charge < -0.3 is 0 Å². The van der Waals surface area contributed by atoms with Crippen LogP contribution in [0.3, 0.4) is 0 Å². The van der Waals surface area contributed by atoms with Crippen LogP contribution in [0.4, 0.5) is 0 Å². The first-order chi connectivity index (χ1) is 12.9. The third-order valence-electron chi connectivity index (χ3n) is 4.06. The molecule has 0 aliphatic rings. The minimum atomic E-state index is -0.283. The molecule has 0 aromatic carbocycles. The van der Waals surface area contributed by atoms with E-state index in [-0.39, 0.29) is 23.6 Å². The smallest absolute Gasteiger partial charge is 0.261 e. The second kappa shape index (κ2) is 11.3. The fourth-order valence-corrected chi connectivity index (χ4v) is 2.80. The van der Waals surface area contributed by atoms with Crippen LogP contribution in [0.2, 0.25) is 0 Å². The van der Waals surface area contributed by atoms with E-state index in [1.54, 1.807) is 6.92 Å². The van der Waals surface area contributed by atoms with Gasteiger partial charge in [0.2, 0.25) is 0 Å². The summed E-state index contributed by atoms with van der Waals surface area (Å²) in [6, 6.07) is 0. The van der Waals surface area contributed by atoms with Crippen molar-refractivity contribution in [2.75, 3.05) is 0 Å². The average molecular weight is 364 g/mol. The van der Waals surface area contributed by atoms with Gasteiger partial charge in [0.05, 0.1) is 23.5 Å². The quantitative estimate of drug-likeness (QED) is 0.382. The molecule has 0 saturated heterocycles. The Hall–Kier alpha value is -2.43. The second-order valence-electron chi connectivity index (χ2n) is 6.43. The third kappa shape index (κ3) is 6.35. The number of hydrogen-bond donors (Lipinski definition) is 0. The van der Waals surface area contributed by atoms with Gasteiger partial charge in [-0.2, -0.15) is 0 Å². The number of Topliss-reactive ketones (excluding diaryl/α,β-unsaturated/α-hetero) is 1. The number of aromatic nitrogens is 2. The lowest BCUT2D eigenvalue weighted by Crippen LogP contribution is -2.40. The van der Waals surface area contributed by atoms with Gasteiger partial charge in [-0.15, -0.1) is 0 Å². The van der Waals surface area contributed by atoms with Crippen molar-refractivity contribution >= 4 is 24.9 Å². The van der Waals surface area contributed by atoms with E-state index in [1.807, 2.05) is 44.2 Å². The molecule has 1 aromatic heterocycles. The van der Waals surface area contributed by atoms with Crippen LogP contribution in [-0.2, 0) is 11.3 Å². The Kier molecular flexibility index (Phi) is 9.48. The van der Waals surface area contributed by atoms with Crippen molar-refractivity contribution in [1.82, 2.24) is 9.55 Å². The molecule has 4 nitrogen and oxygen atoms in total. The highest BCUT2D eigenvalue weighted by Crippen LogP contribution is 2.25. The summed E-state index contributed by atoms with van der Waals surface area (Å²) in [5.41, 5.74) is 2.59. The van der Waals surface area contributed by atoms with Crippen LogP contribution in [0.25, 0.3) is 5.57 Å². The molecule has 2 radical (unpaired) electrons. The van der Waals surface area contributed by atoms with E-state index in [0.29, 0.717) is 11.3 Å².